The van der Waals surface area contributed by atoms with Gasteiger partial charge in [-0.15, -0.1) is 11.3 Å². The van der Waals surface area contributed by atoms with Crippen molar-refractivity contribution in [3.8, 4) is 10.4 Å². The third-order valence-corrected chi connectivity index (χ3v) is 5.38. The Hall–Kier alpha value is -2.70. The number of nitrogens with zero attached hydrogens (tertiary/aromatic N) is 1. The van der Waals surface area contributed by atoms with E-state index in [0.29, 0.717) is 22.0 Å². The van der Waals surface area contributed by atoms with Crippen molar-refractivity contribution < 1.29 is 18.8 Å². The van der Waals surface area contributed by atoms with Gasteiger partial charge in [0.2, 0.25) is 5.78 Å². The van der Waals surface area contributed by atoms with Crippen molar-refractivity contribution in [3.63, 3.8) is 0 Å². The molecular formula is C19H12ClNO4S. The second-order valence-electron chi connectivity index (χ2n) is 5.75. The number of ketones is 1. The van der Waals surface area contributed by atoms with E-state index in [1.54, 1.807) is 24.3 Å². The second kappa shape index (κ2) is 6.90. The Labute approximate surface area is 157 Å². The predicted octanol–water partition coefficient (Wildman–Crippen LogP) is 4.74. The molecule has 5 nitrogen and oxygen atoms in total. The molecule has 3 aromatic rings. The van der Waals surface area contributed by atoms with Crippen molar-refractivity contribution >= 4 is 40.4 Å². The van der Waals surface area contributed by atoms with Crippen LogP contribution >= 0.6 is 22.9 Å². The molecule has 1 aromatic carbocycles. The van der Waals surface area contributed by atoms with Crippen LogP contribution in [0.15, 0.2) is 58.3 Å². The van der Waals surface area contributed by atoms with Crippen LogP contribution < -0.4 is 0 Å². The Kier molecular flexibility index (Phi) is 4.44. The molecule has 7 heteroatoms. The minimum absolute atomic E-state index is 0.164. The second-order valence-corrected chi connectivity index (χ2v) is 7.24. The largest absolute Gasteiger partial charge is 0.461 e. The minimum atomic E-state index is -0.366. The average molecular weight is 386 g/mol. The first-order valence-electron chi connectivity index (χ1n) is 7.82. The first-order valence-corrected chi connectivity index (χ1v) is 9.02. The zero-order valence-corrected chi connectivity index (χ0v) is 15.0. The van der Waals surface area contributed by atoms with E-state index in [2.05, 4.69) is 9.99 Å². The summed E-state index contributed by atoms with van der Waals surface area (Å²) < 4.78 is 5.22. The van der Waals surface area contributed by atoms with Gasteiger partial charge in [0.1, 0.15) is 0 Å². The summed E-state index contributed by atoms with van der Waals surface area (Å²) in [7, 11) is 0. The van der Waals surface area contributed by atoms with Crippen LogP contribution in [-0.4, -0.2) is 17.5 Å². The molecule has 130 valence electrons. The zero-order chi connectivity index (χ0) is 18.1. The molecule has 0 saturated heterocycles. The van der Waals surface area contributed by atoms with Crippen LogP contribution in [0, 0.1) is 0 Å². The molecule has 0 atom stereocenters. The van der Waals surface area contributed by atoms with Crippen LogP contribution in [0.5, 0.6) is 0 Å². The Bertz CT molecular complexity index is 1000. The summed E-state index contributed by atoms with van der Waals surface area (Å²) >= 11 is 7.36. The van der Waals surface area contributed by atoms with E-state index < -0.39 is 0 Å². The highest BCUT2D eigenvalue weighted by Crippen LogP contribution is 2.35. The molecule has 0 amide bonds. The van der Waals surface area contributed by atoms with Gasteiger partial charge in [-0.2, -0.15) is 0 Å². The number of halogens is 1. The summed E-state index contributed by atoms with van der Waals surface area (Å²) in [4.78, 5) is 30.1. The molecule has 0 fully saturated rings. The van der Waals surface area contributed by atoms with Crippen molar-refractivity contribution in [1.82, 2.24) is 0 Å². The molecule has 0 aliphatic carbocycles. The van der Waals surface area contributed by atoms with Crippen LogP contribution in [0.3, 0.4) is 0 Å². The molecule has 0 radical (unpaired) electrons. The fourth-order valence-corrected chi connectivity index (χ4v) is 3.96. The summed E-state index contributed by atoms with van der Waals surface area (Å²) in [6.45, 7) is 0. The quantitative estimate of drug-likeness (QED) is 0.470. The minimum Gasteiger partial charge on any atom is -0.461 e. The molecule has 0 spiro atoms. The van der Waals surface area contributed by atoms with E-state index in [4.69, 9.17) is 16.0 Å². The van der Waals surface area contributed by atoms with E-state index >= 15 is 0 Å². The first kappa shape index (κ1) is 16.8. The number of benzene rings is 1. The molecule has 0 unspecified atom stereocenters. The Morgan fingerprint density at radius 2 is 2.04 bits per heavy atom. The summed E-state index contributed by atoms with van der Waals surface area (Å²) in [5.74, 6) is -0.255. The number of carbonyl (C=O) groups excluding carboxylic acids is 2. The van der Waals surface area contributed by atoms with Gasteiger partial charge >= 0.3 is 5.97 Å². The SMILES string of the molecule is O=C1CC(Cc2cc(C(=O)c3ccco3)sc2-c2ccc(Cl)cc2)=NO1. The van der Waals surface area contributed by atoms with Gasteiger partial charge in [0.25, 0.3) is 0 Å². The number of furan rings is 1. The first-order chi connectivity index (χ1) is 12.6. The van der Waals surface area contributed by atoms with E-state index in [1.807, 2.05) is 18.2 Å². The van der Waals surface area contributed by atoms with E-state index in [-0.39, 0.29) is 23.9 Å². The Morgan fingerprint density at radius 1 is 1.23 bits per heavy atom. The van der Waals surface area contributed by atoms with Gasteiger partial charge in [-0.25, -0.2) is 4.79 Å². The molecule has 0 bridgehead atoms. The van der Waals surface area contributed by atoms with Crippen LogP contribution in [0.4, 0.5) is 0 Å². The molecule has 3 heterocycles. The molecule has 2 aromatic heterocycles. The van der Waals surface area contributed by atoms with Crippen molar-refractivity contribution in [2.24, 2.45) is 5.16 Å². The highest BCUT2D eigenvalue weighted by atomic mass is 35.5. The number of thiophene rings is 1. The smallest absolute Gasteiger partial charge is 0.340 e. The number of oxime groups is 1. The van der Waals surface area contributed by atoms with E-state index in [1.165, 1.54) is 17.6 Å². The van der Waals surface area contributed by atoms with Gasteiger partial charge in [-0.05, 0) is 41.5 Å². The van der Waals surface area contributed by atoms with Crippen LogP contribution in [0.1, 0.15) is 27.4 Å². The topological polar surface area (TPSA) is 68.9 Å². The number of carbonyl (C=O) groups is 2. The lowest BCUT2D eigenvalue weighted by Gasteiger charge is -2.03. The standard InChI is InChI=1S/C19H12ClNO4S/c20-13-5-3-11(4-6-13)19-12(8-14-10-17(22)25-21-14)9-16(26-19)18(23)15-2-1-7-24-15/h1-7,9H,8,10H2. The third-order valence-electron chi connectivity index (χ3n) is 3.90. The van der Waals surface area contributed by atoms with Gasteiger partial charge in [0.05, 0.1) is 23.3 Å². The lowest BCUT2D eigenvalue weighted by atomic mass is 10.0. The third kappa shape index (κ3) is 3.34. The lowest BCUT2D eigenvalue weighted by Crippen LogP contribution is -2.03. The zero-order valence-electron chi connectivity index (χ0n) is 13.4. The normalized spacial score (nSPS) is 13.6. The van der Waals surface area contributed by atoms with Crippen molar-refractivity contribution in [3.05, 3.63) is 70.0 Å². The van der Waals surface area contributed by atoms with E-state index in [9.17, 15) is 9.59 Å². The molecule has 1 aliphatic rings. The van der Waals surface area contributed by atoms with Crippen molar-refractivity contribution in [2.45, 2.75) is 12.8 Å². The monoisotopic (exact) mass is 385 g/mol. The van der Waals surface area contributed by atoms with Crippen molar-refractivity contribution in [2.75, 3.05) is 0 Å². The number of hydrogen-bond donors (Lipinski definition) is 0. The van der Waals surface area contributed by atoms with Gasteiger partial charge < -0.3 is 9.25 Å². The van der Waals surface area contributed by atoms with Crippen molar-refractivity contribution in [1.29, 1.82) is 0 Å². The van der Waals surface area contributed by atoms with Gasteiger partial charge in [-0.1, -0.05) is 28.9 Å². The lowest BCUT2D eigenvalue weighted by molar-refractivity contribution is -0.140. The molecule has 26 heavy (non-hydrogen) atoms. The maximum atomic E-state index is 12.6. The molecule has 4 rings (SSSR count). The van der Waals surface area contributed by atoms with Crippen LogP contribution in [-0.2, 0) is 16.1 Å². The summed E-state index contributed by atoms with van der Waals surface area (Å²) in [5.41, 5.74) is 2.49. The van der Waals surface area contributed by atoms with Crippen LogP contribution in [0.2, 0.25) is 5.02 Å². The van der Waals surface area contributed by atoms with Gasteiger partial charge in [-0.3, -0.25) is 4.79 Å². The van der Waals surface area contributed by atoms with Gasteiger partial charge in [0, 0.05) is 16.3 Å². The summed E-state index contributed by atoms with van der Waals surface area (Å²) in [6, 6.07) is 12.5. The predicted molar refractivity (Wildman–Crippen MR) is 98.8 cm³/mol. The number of hydrogen-bond acceptors (Lipinski definition) is 6. The average Bonchev–Trinajstić information content (AvgIpc) is 3.37. The molecule has 0 N–H and O–H groups in total. The Balaban J connectivity index is 1.73. The molecular weight excluding hydrogens is 374 g/mol. The number of rotatable bonds is 5. The highest BCUT2D eigenvalue weighted by Gasteiger charge is 2.23. The van der Waals surface area contributed by atoms with Crippen LogP contribution in [0.25, 0.3) is 10.4 Å². The fraction of sp³-hybridized carbons (Fsp3) is 0.105. The molecule has 1 aliphatic heterocycles. The Morgan fingerprint density at radius 3 is 2.69 bits per heavy atom. The maximum Gasteiger partial charge on any atom is 0.340 e. The maximum absolute atomic E-state index is 12.6. The van der Waals surface area contributed by atoms with E-state index in [0.717, 1.165) is 16.0 Å². The summed E-state index contributed by atoms with van der Waals surface area (Å²) in [6.07, 6.45) is 2.07. The summed E-state index contributed by atoms with van der Waals surface area (Å²) in [5, 5.41) is 4.45. The highest BCUT2D eigenvalue weighted by molar-refractivity contribution is 7.17. The van der Waals surface area contributed by atoms with Gasteiger partial charge in [0.15, 0.2) is 5.76 Å². The fourth-order valence-electron chi connectivity index (χ4n) is 2.71. The molecule has 0 saturated carbocycles.